The second kappa shape index (κ2) is 24.6. The zero-order valence-electron chi connectivity index (χ0n) is 36.2. The minimum atomic E-state index is -4.41. The second-order valence-electron chi connectivity index (χ2n) is 16.5. The largest absolute Gasteiger partial charge is 0.355 e. The van der Waals surface area contributed by atoms with E-state index in [-0.39, 0.29) is 38.9 Å². The molecule has 0 radical (unpaired) electrons. The number of pyridine rings is 2. The predicted octanol–water partition coefficient (Wildman–Crippen LogP) is 6.15. The molecule has 3 aromatic carbocycles. The van der Waals surface area contributed by atoms with Gasteiger partial charge < -0.3 is 30.2 Å². The first-order valence-electron chi connectivity index (χ1n) is 21.6. The first kappa shape index (κ1) is 51.8. The van der Waals surface area contributed by atoms with Gasteiger partial charge in [-0.3, -0.25) is 43.3 Å². The molecule has 0 atom stereocenters. The zero-order chi connectivity index (χ0) is 45.7. The molecule has 0 aliphatic carbocycles. The maximum Gasteiger partial charge on any atom is 0.339 e. The highest BCUT2D eigenvalue weighted by molar-refractivity contribution is 7.51. The first-order valence-corrected chi connectivity index (χ1v) is 25.6. The van der Waals surface area contributed by atoms with E-state index in [4.69, 9.17) is 21.6 Å². The third-order valence-electron chi connectivity index (χ3n) is 11.2. The summed E-state index contributed by atoms with van der Waals surface area (Å²) in [5.74, 6) is -0.486. The molecule has 2 amide bonds. The molecule has 0 bridgehead atoms. The maximum atomic E-state index is 13.2. The number of nitrogens with zero attached hydrogens (tertiary/aromatic N) is 6. The number of unbranched alkanes of at least 4 members (excludes halogenated alkanes) is 3. The quantitative estimate of drug-likeness (QED) is 0.0457. The molecule has 1 aliphatic heterocycles. The van der Waals surface area contributed by atoms with E-state index in [0.717, 1.165) is 64.2 Å². The summed E-state index contributed by atoms with van der Waals surface area (Å²) in [5, 5.41) is 9.31. The number of hydrogen-bond acceptors (Lipinski definition) is 10. The lowest BCUT2D eigenvalue weighted by molar-refractivity contribution is -0.122. The molecular weight excluding hydrogens is 890 g/mol. The Bertz CT molecular complexity index is 2430. The number of fused-ring (bicyclic) bond motifs is 2. The highest BCUT2D eigenvalue weighted by atomic mass is 35.5. The number of carbonyl (C=O) groups is 2. The van der Waals surface area contributed by atoms with Crippen LogP contribution in [-0.2, 0) is 20.5 Å². The highest BCUT2D eigenvalue weighted by Gasteiger charge is 2.25. The third-order valence-corrected chi connectivity index (χ3v) is 13.0. The monoisotopic (exact) mass is 952 g/mol. The van der Waals surface area contributed by atoms with E-state index in [9.17, 15) is 38.3 Å². The first-order chi connectivity index (χ1) is 30.6. The molecule has 5 aromatic rings. The van der Waals surface area contributed by atoms with Crippen molar-refractivity contribution in [1.29, 1.82) is 0 Å². The molecule has 65 heavy (non-hydrogen) atoms. The molecule has 19 heteroatoms. The highest BCUT2D eigenvalue weighted by Crippen LogP contribution is 2.36. The van der Waals surface area contributed by atoms with Crippen LogP contribution in [0.1, 0.15) is 54.9 Å². The van der Waals surface area contributed by atoms with Crippen molar-refractivity contribution in [1.82, 2.24) is 40.2 Å². The lowest BCUT2D eigenvalue weighted by atomic mass is 10.0. The van der Waals surface area contributed by atoms with Gasteiger partial charge in [-0.1, -0.05) is 92.0 Å². The van der Waals surface area contributed by atoms with Crippen molar-refractivity contribution in [3.05, 3.63) is 107 Å². The summed E-state index contributed by atoms with van der Waals surface area (Å²) in [5.41, 5.74) is 4.51. The van der Waals surface area contributed by atoms with Gasteiger partial charge in [0, 0.05) is 93.4 Å². The van der Waals surface area contributed by atoms with Gasteiger partial charge in [0.2, 0.25) is 5.91 Å². The molecule has 16 nitrogen and oxygen atoms in total. The average Bonchev–Trinajstić information content (AvgIpc) is 3.24. The fourth-order valence-electron chi connectivity index (χ4n) is 7.86. The number of halogens is 1. The van der Waals surface area contributed by atoms with Crippen molar-refractivity contribution in [3.63, 3.8) is 0 Å². The van der Waals surface area contributed by atoms with Crippen LogP contribution >= 0.6 is 26.8 Å². The fraction of sp³-hybridized carbons (Fsp3) is 0.435. The Hall–Kier alpha value is -4.15. The minimum Gasteiger partial charge on any atom is -0.355 e. The molecule has 3 heterocycles. The lowest BCUT2D eigenvalue weighted by Crippen LogP contribution is -2.48. The van der Waals surface area contributed by atoms with Gasteiger partial charge in [-0.2, -0.15) is 0 Å². The van der Waals surface area contributed by atoms with E-state index in [1.54, 1.807) is 21.9 Å². The third kappa shape index (κ3) is 16.9. The van der Waals surface area contributed by atoms with Crippen LogP contribution in [0.25, 0.3) is 32.9 Å². The standard InChI is InChI=1S/C45H59ClN8O8P2.CH4/c1-34-14-17-41-36(28-34)15-16-37(49-41)30-51-20-24-53(32-63(57,58)59)26-22-52(23-27-54(25-21-51)33-64(60,61)62)31-43(55)47-18-8-2-3-9-19-48-45(56)42-29-35-10-4-5-11-38(35)44(50-42)39-12-6-7-13-40(39)46;/h4-7,10-17,28-29H,2-3,8-9,18-27,30-33H2,1H3,(H,47,55)(H,48,56)(H2,57,58,59)(H2,60,61,62);1H4. The number of rotatable bonds is 17. The van der Waals surface area contributed by atoms with E-state index in [1.807, 2.05) is 78.6 Å². The van der Waals surface area contributed by atoms with Gasteiger partial charge in [0.1, 0.15) is 18.3 Å². The molecule has 0 spiro atoms. The van der Waals surface area contributed by atoms with Gasteiger partial charge >= 0.3 is 15.2 Å². The molecule has 1 aliphatic rings. The Labute approximate surface area is 386 Å². The van der Waals surface area contributed by atoms with E-state index in [2.05, 4.69) is 21.6 Å². The summed E-state index contributed by atoms with van der Waals surface area (Å²) in [6.45, 7) is 6.06. The number of aryl methyl sites for hydroxylation is 1. The molecule has 352 valence electrons. The Morgan fingerprint density at radius 3 is 1.89 bits per heavy atom. The number of aromatic nitrogens is 2. The Kier molecular flexibility index (Phi) is 19.6. The Balaban J connectivity index is 0.00000793. The minimum absolute atomic E-state index is 0. The van der Waals surface area contributed by atoms with Crippen LogP contribution in [0.4, 0.5) is 0 Å². The molecule has 6 N–H and O–H groups in total. The second-order valence-corrected chi connectivity index (χ2v) is 20.1. The van der Waals surface area contributed by atoms with Crippen LogP contribution < -0.4 is 10.6 Å². The molecule has 1 saturated heterocycles. The Morgan fingerprint density at radius 2 is 1.25 bits per heavy atom. The maximum absolute atomic E-state index is 13.2. The van der Waals surface area contributed by atoms with Crippen LogP contribution in [0.2, 0.25) is 5.02 Å². The van der Waals surface area contributed by atoms with Crippen molar-refractivity contribution >= 4 is 60.3 Å². The molecule has 6 rings (SSSR count). The number of carbonyl (C=O) groups excluding carboxylic acids is 2. The van der Waals surface area contributed by atoms with Crippen LogP contribution in [0.15, 0.2) is 84.9 Å². The van der Waals surface area contributed by atoms with Crippen LogP contribution in [0.3, 0.4) is 0 Å². The van der Waals surface area contributed by atoms with Crippen molar-refractivity contribution in [3.8, 4) is 11.3 Å². The van der Waals surface area contributed by atoms with E-state index in [0.29, 0.717) is 75.3 Å². The SMILES string of the molecule is C.Cc1ccc2nc(CN3CCN(CP(=O)(O)O)CCN(CC(=O)NCCCCCCNC(=O)c4cc5ccccc5c(-c5ccccc5Cl)n4)CCN(CP(=O)(O)O)CC3)ccc2c1. The summed E-state index contributed by atoms with van der Waals surface area (Å²) in [4.78, 5) is 83.0. The number of amides is 2. The summed E-state index contributed by atoms with van der Waals surface area (Å²) >= 11 is 6.50. The van der Waals surface area contributed by atoms with Crippen LogP contribution in [-0.4, -0.2) is 146 Å². The number of benzene rings is 3. The van der Waals surface area contributed by atoms with Crippen molar-refractivity contribution in [2.45, 2.75) is 46.6 Å². The summed E-state index contributed by atoms with van der Waals surface area (Å²) in [6.07, 6.45) is 2.25. The Morgan fingerprint density at radius 1 is 0.662 bits per heavy atom. The zero-order valence-corrected chi connectivity index (χ0v) is 38.7. The summed E-state index contributed by atoms with van der Waals surface area (Å²) in [6, 6.07) is 27.0. The normalized spacial score (nSPS) is 15.5. The lowest BCUT2D eigenvalue weighted by Gasteiger charge is -2.34. The van der Waals surface area contributed by atoms with Gasteiger partial charge in [0.15, 0.2) is 0 Å². The van der Waals surface area contributed by atoms with Gasteiger partial charge in [-0.25, -0.2) is 4.98 Å². The van der Waals surface area contributed by atoms with Gasteiger partial charge in [0.25, 0.3) is 5.91 Å². The predicted molar refractivity (Wildman–Crippen MR) is 258 cm³/mol. The van der Waals surface area contributed by atoms with Gasteiger partial charge in [-0.15, -0.1) is 0 Å². The molecular formula is C46H63ClN8O8P2. The fourth-order valence-corrected chi connectivity index (χ4v) is 9.69. The van der Waals surface area contributed by atoms with Crippen LogP contribution in [0.5, 0.6) is 0 Å². The average molecular weight is 953 g/mol. The molecule has 0 unspecified atom stereocenters. The smallest absolute Gasteiger partial charge is 0.339 e. The van der Waals surface area contributed by atoms with Crippen molar-refractivity contribution in [2.75, 3.05) is 84.6 Å². The molecule has 0 saturated carbocycles. The number of hydrogen-bond donors (Lipinski definition) is 6. The molecule has 1 fully saturated rings. The summed E-state index contributed by atoms with van der Waals surface area (Å²) in [7, 11) is -8.81. The van der Waals surface area contributed by atoms with Gasteiger partial charge in [-0.05, 0) is 55.5 Å². The van der Waals surface area contributed by atoms with E-state index < -0.39 is 27.8 Å². The number of nitrogens with one attached hydrogen (secondary N) is 2. The van der Waals surface area contributed by atoms with Crippen molar-refractivity contribution in [2.24, 2.45) is 0 Å². The summed E-state index contributed by atoms with van der Waals surface area (Å²) < 4.78 is 24.4. The van der Waals surface area contributed by atoms with E-state index in [1.165, 1.54) is 0 Å². The van der Waals surface area contributed by atoms with E-state index >= 15 is 0 Å². The topological polar surface area (TPSA) is 212 Å². The molecule has 2 aromatic heterocycles. The van der Waals surface area contributed by atoms with Gasteiger partial charge in [0.05, 0.1) is 23.4 Å². The van der Waals surface area contributed by atoms with Crippen molar-refractivity contribution < 1.29 is 38.3 Å². The van der Waals surface area contributed by atoms with Crippen LogP contribution in [0, 0.1) is 6.92 Å².